The lowest BCUT2D eigenvalue weighted by Crippen LogP contribution is -2.38. The van der Waals surface area contributed by atoms with Crippen LogP contribution >= 0.6 is 0 Å². The van der Waals surface area contributed by atoms with E-state index in [-0.39, 0.29) is 12.1 Å². The zero-order chi connectivity index (χ0) is 16.3. The molecule has 128 valence electrons. The van der Waals surface area contributed by atoms with Gasteiger partial charge in [0.1, 0.15) is 0 Å². The minimum absolute atomic E-state index is 0.0939. The molecule has 2 saturated heterocycles. The number of ether oxygens (including phenoxy) is 1. The maximum atomic E-state index is 12.4. The second-order valence-electron chi connectivity index (χ2n) is 6.49. The molecule has 0 radical (unpaired) electrons. The van der Waals surface area contributed by atoms with Crippen molar-refractivity contribution < 1.29 is 17.9 Å². The SMILES string of the molecule is FC(F)(F)CN1CC[C@H](NC[C@@H]2CCO[C@H]2c2ccccc2)C1. The normalized spacial score (nSPS) is 29.3. The van der Waals surface area contributed by atoms with Gasteiger partial charge >= 0.3 is 6.18 Å². The number of hydrogen-bond donors (Lipinski definition) is 1. The van der Waals surface area contributed by atoms with Gasteiger partial charge in [-0.05, 0) is 18.4 Å². The number of likely N-dealkylation sites (tertiary alicyclic amines) is 1. The summed E-state index contributed by atoms with van der Waals surface area (Å²) in [5.74, 6) is 0.383. The maximum Gasteiger partial charge on any atom is 0.401 e. The first-order valence-corrected chi connectivity index (χ1v) is 8.20. The molecule has 1 aromatic rings. The Morgan fingerprint density at radius 1 is 1.17 bits per heavy atom. The zero-order valence-electron chi connectivity index (χ0n) is 13.1. The van der Waals surface area contributed by atoms with Crippen LogP contribution in [0.5, 0.6) is 0 Å². The third kappa shape index (κ3) is 4.68. The van der Waals surface area contributed by atoms with Crippen LogP contribution in [0.2, 0.25) is 0 Å². The summed E-state index contributed by atoms with van der Waals surface area (Å²) < 4.78 is 43.1. The summed E-state index contributed by atoms with van der Waals surface area (Å²) in [4.78, 5) is 1.48. The first-order valence-electron chi connectivity index (χ1n) is 8.20. The molecular formula is C17H23F3N2O. The third-order valence-corrected chi connectivity index (χ3v) is 4.69. The summed E-state index contributed by atoms with van der Waals surface area (Å²) in [6.45, 7) is 1.73. The van der Waals surface area contributed by atoms with Crippen molar-refractivity contribution in [2.24, 2.45) is 5.92 Å². The Labute approximate surface area is 134 Å². The molecule has 1 aromatic carbocycles. The molecule has 23 heavy (non-hydrogen) atoms. The van der Waals surface area contributed by atoms with Crippen molar-refractivity contribution >= 4 is 0 Å². The van der Waals surface area contributed by atoms with Crippen LogP contribution in [0.4, 0.5) is 13.2 Å². The Morgan fingerprint density at radius 3 is 2.70 bits per heavy atom. The van der Waals surface area contributed by atoms with E-state index in [1.54, 1.807) is 0 Å². The van der Waals surface area contributed by atoms with Crippen LogP contribution < -0.4 is 5.32 Å². The molecule has 0 aromatic heterocycles. The topological polar surface area (TPSA) is 24.5 Å². The van der Waals surface area contributed by atoms with E-state index < -0.39 is 12.7 Å². The van der Waals surface area contributed by atoms with Gasteiger partial charge in [0.15, 0.2) is 0 Å². The average molecular weight is 328 g/mol. The van der Waals surface area contributed by atoms with Crippen LogP contribution in [-0.4, -0.2) is 49.9 Å². The van der Waals surface area contributed by atoms with Crippen LogP contribution in [0.25, 0.3) is 0 Å². The summed E-state index contributed by atoms with van der Waals surface area (Å²) in [5.41, 5.74) is 1.18. The fourth-order valence-electron chi connectivity index (χ4n) is 3.57. The van der Waals surface area contributed by atoms with Gasteiger partial charge in [-0.1, -0.05) is 30.3 Å². The fourth-order valence-corrected chi connectivity index (χ4v) is 3.57. The van der Waals surface area contributed by atoms with E-state index in [4.69, 9.17) is 4.74 Å². The lowest BCUT2D eigenvalue weighted by Gasteiger charge is -2.22. The molecule has 6 heteroatoms. The van der Waals surface area contributed by atoms with E-state index >= 15 is 0 Å². The monoisotopic (exact) mass is 328 g/mol. The van der Waals surface area contributed by atoms with E-state index in [0.29, 0.717) is 19.0 Å². The largest absolute Gasteiger partial charge is 0.401 e. The van der Waals surface area contributed by atoms with Crippen molar-refractivity contribution in [1.29, 1.82) is 0 Å². The number of benzene rings is 1. The Kier molecular flexibility index (Phi) is 5.24. The van der Waals surface area contributed by atoms with E-state index in [0.717, 1.165) is 26.0 Å². The Bertz CT molecular complexity index is 494. The standard InChI is InChI=1S/C17H23F3N2O/c18-17(19,20)12-22-8-6-15(11-22)21-10-14-7-9-23-16(14)13-4-2-1-3-5-13/h1-5,14-16,21H,6-12H2/t14-,15-,16-/m0/s1. The van der Waals surface area contributed by atoms with Gasteiger partial charge in [0, 0.05) is 38.2 Å². The van der Waals surface area contributed by atoms with Crippen molar-refractivity contribution in [3.63, 3.8) is 0 Å². The third-order valence-electron chi connectivity index (χ3n) is 4.69. The van der Waals surface area contributed by atoms with Gasteiger partial charge in [-0.2, -0.15) is 13.2 Å². The molecule has 0 bridgehead atoms. The molecule has 0 spiro atoms. The number of halogens is 3. The molecule has 2 aliphatic heterocycles. The van der Waals surface area contributed by atoms with Crippen LogP contribution in [0.1, 0.15) is 24.5 Å². The summed E-state index contributed by atoms with van der Waals surface area (Å²) in [6, 6.07) is 10.3. The van der Waals surface area contributed by atoms with Gasteiger partial charge < -0.3 is 10.1 Å². The van der Waals surface area contributed by atoms with E-state index in [2.05, 4.69) is 17.4 Å². The molecule has 3 rings (SSSR count). The number of alkyl halides is 3. The van der Waals surface area contributed by atoms with Gasteiger partial charge in [-0.15, -0.1) is 0 Å². The van der Waals surface area contributed by atoms with Crippen molar-refractivity contribution in [2.45, 2.75) is 31.2 Å². The van der Waals surface area contributed by atoms with Crippen LogP contribution in [-0.2, 0) is 4.74 Å². The molecule has 0 saturated carbocycles. The number of nitrogens with one attached hydrogen (secondary N) is 1. The lowest BCUT2D eigenvalue weighted by atomic mass is 9.95. The Hall–Kier alpha value is -1.11. The highest BCUT2D eigenvalue weighted by Gasteiger charge is 2.35. The second kappa shape index (κ2) is 7.20. The molecule has 0 aliphatic carbocycles. The molecule has 0 amide bonds. The van der Waals surface area contributed by atoms with E-state index in [1.165, 1.54) is 10.5 Å². The summed E-state index contributed by atoms with van der Waals surface area (Å²) in [7, 11) is 0. The summed E-state index contributed by atoms with van der Waals surface area (Å²) in [6.07, 6.45) is -2.24. The zero-order valence-corrected chi connectivity index (χ0v) is 13.1. The van der Waals surface area contributed by atoms with Crippen molar-refractivity contribution in [3.8, 4) is 0 Å². The van der Waals surface area contributed by atoms with Crippen molar-refractivity contribution in [1.82, 2.24) is 10.2 Å². The van der Waals surface area contributed by atoms with E-state index in [1.807, 2.05) is 18.2 Å². The highest BCUT2D eigenvalue weighted by molar-refractivity contribution is 5.19. The quantitative estimate of drug-likeness (QED) is 0.899. The van der Waals surface area contributed by atoms with Gasteiger partial charge in [-0.25, -0.2) is 0 Å². The predicted octanol–water partition coefficient (Wildman–Crippen LogP) is 2.99. The highest BCUT2D eigenvalue weighted by Crippen LogP contribution is 2.34. The van der Waals surface area contributed by atoms with Gasteiger partial charge in [-0.3, -0.25) is 4.90 Å². The first kappa shape index (κ1) is 16.7. The van der Waals surface area contributed by atoms with Gasteiger partial charge in [0.05, 0.1) is 12.6 Å². The van der Waals surface area contributed by atoms with E-state index in [9.17, 15) is 13.2 Å². The first-order chi connectivity index (χ1) is 11.0. The molecule has 2 heterocycles. The van der Waals surface area contributed by atoms with Crippen molar-refractivity contribution in [3.05, 3.63) is 35.9 Å². The molecule has 2 fully saturated rings. The van der Waals surface area contributed by atoms with Crippen LogP contribution in [0.15, 0.2) is 30.3 Å². The minimum Gasteiger partial charge on any atom is -0.373 e. The van der Waals surface area contributed by atoms with Crippen LogP contribution in [0.3, 0.4) is 0 Å². The van der Waals surface area contributed by atoms with Gasteiger partial charge in [0.25, 0.3) is 0 Å². The second-order valence-corrected chi connectivity index (χ2v) is 6.49. The Balaban J connectivity index is 1.47. The number of hydrogen-bond acceptors (Lipinski definition) is 3. The van der Waals surface area contributed by atoms with Crippen LogP contribution in [0, 0.1) is 5.92 Å². The number of rotatable bonds is 5. The van der Waals surface area contributed by atoms with Crippen molar-refractivity contribution in [2.75, 3.05) is 32.8 Å². The van der Waals surface area contributed by atoms with Gasteiger partial charge in [0.2, 0.25) is 0 Å². The summed E-state index contributed by atoms with van der Waals surface area (Å²) in [5, 5.41) is 3.45. The maximum absolute atomic E-state index is 12.4. The number of nitrogens with zero attached hydrogens (tertiary/aromatic N) is 1. The average Bonchev–Trinajstić information content (AvgIpc) is 3.13. The fraction of sp³-hybridized carbons (Fsp3) is 0.647. The molecule has 2 aliphatic rings. The molecule has 0 unspecified atom stereocenters. The predicted molar refractivity (Wildman–Crippen MR) is 82.1 cm³/mol. The Morgan fingerprint density at radius 2 is 1.96 bits per heavy atom. The minimum atomic E-state index is -4.10. The lowest BCUT2D eigenvalue weighted by molar-refractivity contribution is -0.143. The summed E-state index contributed by atoms with van der Waals surface area (Å²) >= 11 is 0. The molecular weight excluding hydrogens is 305 g/mol. The molecule has 3 atom stereocenters. The smallest absolute Gasteiger partial charge is 0.373 e. The molecule has 3 nitrogen and oxygen atoms in total. The molecule has 1 N–H and O–H groups in total. The highest BCUT2D eigenvalue weighted by atomic mass is 19.4.